The summed E-state index contributed by atoms with van der Waals surface area (Å²) in [7, 11) is 1.23. The van der Waals surface area contributed by atoms with Crippen LogP contribution in [-0.2, 0) is 13.3 Å². The molecule has 2 aromatic heterocycles. The highest BCUT2D eigenvalue weighted by Gasteiger charge is 2.22. The molecule has 0 radical (unpaired) electrons. The predicted molar refractivity (Wildman–Crippen MR) is 236 cm³/mol. The van der Waals surface area contributed by atoms with Crippen molar-refractivity contribution in [3.8, 4) is 33.8 Å². The number of methoxy groups -OCH3 is 2. The Morgan fingerprint density at radius 2 is 0.714 bits per heavy atom. The van der Waals surface area contributed by atoms with Crippen molar-refractivity contribution in [2.45, 2.75) is 55.4 Å². The van der Waals surface area contributed by atoms with Gasteiger partial charge in [-0.2, -0.15) is 0 Å². The van der Waals surface area contributed by atoms with Gasteiger partial charge in [-0.3, -0.25) is 0 Å². The van der Waals surface area contributed by atoms with Crippen molar-refractivity contribution in [3.63, 3.8) is 0 Å². The standard InChI is InChI=1S/C27H23O2P.C21H27O4P/c1-18-14-16-22(20-10-6-4-7-11-20)26-24(18)25-19(2)15-17-23(21-12-8-5-9-13-21)27(25)29-30(3)28-26;1-10-12(3)20-16(14(5)18(10)22-7)17-15(6)19(23-8)11(2)13(4)21(17)25-26(9)24-20/h4-17H,1-3H3;1-9H3. The molecule has 6 nitrogen and oxygen atoms in total. The Morgan fingerprint density at radius 1 is 0.375 bits per heavy atom. The summed E-state index contributed by atoms with van der Waals surface area (Å²) in [6.07, 6.45) is 0. The lowest BCUT2D eigenvalue weighted by atomic mass is 9.93. The Bertz CT molecular complexity index is 2680. The number of fused-ring (bicyclic) bond motifs is 6. The third-order valence-electron chi connectivity index (χ3n) is 11.1. The molecular weight excluding hydrogens is 734 g/mol. The monoisotopic (exact) mass is 784 g/mol. The zero-order valence-electron chi connectivity index (χ0n) is 34.4. The minimum Gasteiger partial charge on any atom is -0.496 e. The third-order valence-corrected chi connectivity index (χ3v) is 12.8. The molecular formula is C48H50O6P2. The molecule has 0 atom stereocenters. The van der Waals surface area contributed by atoms with Crippen molar-refractivity contribution in [2.24, 2.45) is 13.3 Å². The van der Waals surface area contributed by atoms with E-state index in [1.807, 2.05) is 25.5 Å². The highest BCUT2D eigenvalue weighted by atomic mass is 31.1. The fourth-order valence-electron chi connectivity index (χ4n) is 8.04. The van der Waals surface area contributed by atoms with Gasteiger partial charge >= 0.3 is 0 Å². The Labute approximate surface area is 331 Å². The van der Waals surface area contributed by atoms with Crippen molar-refractivity contribution >= 4 is 59.9 Å². The van der Waals surface area contributed by atoms with E-state index in [0.29, 0.717) is 0 Å². The van der Waals surface area contributed by atoms with Gasteiger partial charge in [0, 0.05) is 57.1 Å². The van der Waals surface area contributed by atoms with Crippen LogP contribution in [0.15, 0.2) is 102 Å². The lowest BCUT2D eigenvalue weighted by molar-refractivity contribution is 0.408. The molecule has 56 heavy (non-hydrogen) atoms. The Balaban J connectivity index is 0.000000174. The van der Waals surface area contributed by atoms with Gasteiger partial charge < -0.3 is 26.3 Å². The van der Waals surface area contributed by atoms with Gasteiger partial charge in [-0.1, -0.05) is 84.9 Å². The second-order valence-electron chi connectivity index (χ2n) is 14.5. The molecule has 6 aromatic carbocycles. The van der Waals surface area contributed by atoms with Crippen molar-refractivity contribution in [2.75, 3.05) is 14.2 Å². The van der Waals surface area contributed by atoms with Crippen molar-refractivity contribution in [1.29, 1.82) is 0 Å². The third kappa shape index (κ3) is 6.70. The molecule has 0 amide bonds. The minimum atomic E-state index is -1.13. The molecule has 0 unspecified atom stereocenters. The Morgan fingerprint density at radius 3 is 1.05 bits per heavy atom. The van der Waals surface area contributed by atoms with Crippen molar-refractivity contribution < 1.29 is 26.3 Å². The van der Waals surface area contributed by atoms with E-state index in [4.69, 9.17) is 26.3 Å². The fourth-order valence-corrected chi connectivity index (χ4v) is 9.98. The van der Waals surface area contributed by atoms with Crippen LogP contribution in [0.4, 0.5) is 0 Å². The summed E-state index contributed by atoms with van der Waals surface area (Å²) >= 11 is 0. The van der Waals surface area contributed by atoms with E-state index in [-0.39, 0.29) is 0 Å². The number of hydrogen-bond donors (Lipinski definition) is 0. The second-order valence-corrected chi connectivity index (χ2v) is 17.0. The molecule has 0 saturated heterocycles. The Hall–Kier alpha value is -5.28. The summed E-state index contributed by atoms with van der Waals surface area (Å²) in [6.45, 7) is 20.8. The van der Waals surface area contributed by atoms with Crippen LogP contribution in [0, 0.1) is 55.4 Å². The summed E-state index contributed by atoms with van der Waals surface area (Å²) in [4.78, 5) is 0. The first kappa shape index (κ1) is 39.0. The van der Waals surface area contributed by atoms with Crippen LogP contribution in [-0.4, -0.2) is 14.2 Å². The zero-order chi connectivity index (χ0) is 40.0. The summed E-state index contributed by atoms with van der Waals surface area (Å²) in [5, 5.41) is 4.36. The SMILES string of the molecule is COc1c(C)c(C)c2op(C)oc3c(C)c(C)c(OC)c(C)c3c2c1C.Cc1ccc(-c2ccccc2)c2op(C)oc3c(-c4ccccc4)ccc(C)c3c12. The normalized spacial score (nSPS) is 11.2. The summed E-state index contributed by atoms with van der Waals surface area (Å²) in [5.41, 5.74) is 17.0. The van der Waals surface area contributed by atoms with Gasteiger partial charge in [-0.05, 0) is 99.9 Å². The van der Waals surface area contributed by atoms with E-state index in [1.54, 1.807) is 14.2 Å². The van der Waals surface area contributed by atoms with E-state index in [1.165, 1.54) is 11.1 Å². The topological polar surface area (TPSA) is 71.0 Å². The molecule has 0 spiro atoms. The molecule has 0 N–H and O–H groups in total. The molecule has 0 aliphatic rings. The molecule has 8 rings (SSSR count). The number of benzene rings is 6. The van der Waals surface area contributed by atoms with E-state index < -0.39 is 16.0 Å². The average Bonchev–Trinajstić information content (AvgIpc) is 3.46. The van der Waals surface area contributed by atoms with Crippen molar-refractivity contribution in [3.05, 3.63) is 129 Å². The second kappa shape index (κ2) is 15.7. The summed E-state index contributed by atoms with van der Waals surface area (Å²) < 4.78 is 37.1. The van der Waals surface area contributed by atoms with Gasteiger partial charge in [0.15, 0.2) is 0 Å². The maximum atomic E-state index is 6.49. The molecule has 288 valence electrons. The number of aryl methyl sites for hydroxylation is 8. The maximum absolute atomic E-state index is 6.49. The van der Waals surface area contributed by atoms with Crippen molar-refractivity contribution in [1.82, 2.24) is 0 Å². The lowest BCUT2D eigenvalue weighted by Gasteiger charge is -2.17. The smallest absolute Gasteiger partial charge is 0.213 e. The van der Waals surface area contributed by atoms with Gasteiger partial charge in [-0.15, -0.1) is 0 Å². The quantitative estimate of drug-likeness (QED) is 0.177. The first-order chi connectivity index (χ1) is 26.9. The van der Waals surface area contributed by atoms with E-state index in [0.717, 1.165) is 111 Å². The van der Waals surface area contributed by atoms with Crippen LogP contribution in [0.2, 0.25) is 0 Å². The molecule has 8 heteroatoms. The van der Waals surface area contributed by atoms with Crippen LogP contribution in [0.5, 0.6) is 11.5 Å². The van der Waals surface area contributed by atoms with Crippen LogP contribution in [0.1, 0.15) is 44.5 Å². The average molecular weight is 785 g/mol. The maximum Gasteiger partial charge on any atom is 0.213 e. The van der Waals surface area contributed by atoms with Crippen LogP contribution in [0.3, 0.4) is 0 Å². The molecule has 0 aliphatic heterocycles. The van der Waals surface area contributed by atoms with Crippen LogP contribution in [0.25, 0.3) is 66.1 Å². The largest absolute Gasteiger partial charge is 0.496 e. The minimum absolute atomic E-state index is 0.890. The zero-order valence-corrected chi connectivity index (χ0v) is 36.2. The summed E-state index contributed by atoms with van der Waals surface area (Å²) in [5.74, 6) is 1.80. The first-order valence-electron chi connectivity index (χ1n) is 18.8. The lowest BCUT2D eigenvalue weighted by Crippen LogP contribution is -1.98. The van der Waals surface area contributed by atoms with E-state index >= 15 is 0 Å². The highest BCUT2D eigenvalue weighted by molar-refractivity contribution is 7.35. The fraction of sp³-hybridized carbons (Fsp3) is 0.250. The van der Waals surface area contributed by atoms with E-state index in [9.17, 15) is 0 Å². The Kier molecular flexibility index (Phi) is 10.9. The first-order valence-corrected chi connectivity index (χ1v) is 22.1. The van der Waals surface area contributed by atoms with Gasteiger partial charge in [0.05, 0.1) is 14.2 Å². The van der Waals surface area contributed by atoms with Crippen LogP contribution < -0.4 is 9.47 Å². The molecule has 0 bridgehead atoms. The molecule has 0 fully saturated rings. The van der Waals surface area contributed by atoms with E-state index in [2.05, 4.69) is 128 Å². The molecule has 0 aliphatic carbocycles. The predicted octanol–water partition coefficient (Wildman–Crippen LogP) is 15.5. The molecule has 0 saturated carbocycles. The molecule has 2 heterocycles. The number of hydrogen-bond acceptors (Lipinski definition) is 6. The van der Waals surface area contributed by atoms with Gasteiger partial charge in [-0.25, -0.2) is 0 Å². The number of ether oxygens (including phenoxy) is 2. The number of rotatable bonds is 4. The highest BCUT2D eigenvalue weighted by Crippen LogP contribution is 2.46. The van der Waals surface area contributed by atoms with Gasteiger partial charge in [0.25, 0.3) is 0 Å². The van der Waals surface area contributed by atoms with Gasteiger partial charge in [0.2, 0.25) is 16.0 Å². The molecule has 8 aromatic rings. The van der Waals surface area contributed by atoms with Gasteiger partial charge in [0.1, 0.15) is 33.8 Å². The van der Waals surface area contributed by atoms with Crippen LogP contribution >= 0.6 is 16.0 Å². The summed E-state index contributed by atoms with van der Waals surface area (Å²) in [6, 6.07) is 29.6.